The number of dihydropyridines is 1. The Hall–Kier alpha value is -1.90. The third-order valence-corrected chi connectivity index (χ3v) is 2.56. The minimum atomic E-state index is 0.801. The normalized spacial score (nSPS) is 17.9. The minimum absolute atomic E-state index is 0.801. The van der Waals surface area contributed by atoms with Gasteiger partial charge in [0.1, 0.15) is 0 Å². The molecule has 76 valence electrons. The van der Waals surface area contributed by atoms with E-state index in [1.807, 2.05) is 24.3 Å². The van der Waals surface area contributed by atoms with E-state index in [0.29, 0.717) is 0 Å². The Labute approximate surface area is 88.4 Å². The molecular formula is C12H12N2O. The van der Waals surface area contributed by atoms with Gasteiger partial charge in [-0.1, -0.05) is 24.3 Å². The van der Waals surface area contributed by atoms with Gasteiger partial charge in [0.15, 0.2) is 11.6 Å². The molecule has 2 heterocycles. The number of fused-ring (bicyclic) bond motifs is 1. The molecule has 2 N–H and O–H groups in total. The second-order valence-corrected chi connectivity index (χ2v) is 3.59. The molecule has 0 atom stereocenters. The van der Waals surface area contributed by atoms with E-state index in [1.54, 1.807) is 0 Å². The molecule has 3 rings (SSSR count). The molecule has 1 aromatic rings. The maximum atomic E-state index is 5.82. The average Bonchev–Trinajstić information content (AvgIpc) is 2.48. The number of benzene rings is 1. The summed E-state index contributed by atoms with van der Waals surface area (Å²) in [6.45, 7) is 1.64. The molecule has 0 bridgehead atoms. The molecule has 2 aliphatic rings. The van der Waals surface area contributed by atoms with Gasteiger partial charge in [0.05, 0.1) is 5.69 Å². The van der Waals surface area contributed by atoms with Gasteiger partial charge in [-0.25, -0.2) is 0 Å². The van der Waals surface area contributed by atoms with Crippen LogP contribution >= 0.6 is 0 Å². The van der Waals surface area contributed by atoms with E-state index >= 15 is 0 Å². The zero-order chi connectivity index (χ0) is 10.1. The quantitative estimate of drug-likeness (QED) is 0.670. The van der Waals surface area contributed by atoms with Crippen LogP contribution in [-0.4, -0.2) is 13.1 Å². The van der Waals surface area contributed by atoms with Gasteiger partial charge in [-0.15, -0.1) is 0 Å². The summed E-state index contributed by atoms with van der Waals surface area (Å²) in [4.78, 5) is 0. The molecular weight excluding hydrogens is 188 g/mol. The predicted octanol–water partition coefficient (Wildman–Crippen LogP) is 1.86. The highest BCUT2D eigenvalue weighted by molar-refractivity contribution is 5.59. The molecule has 0 unspecified atom stereocenters. The molecule has 3 nitrogen and oxygen atoms in total. The zero-order valence-electron chi connectivity index (χ0n) is 8.29. The van der Waals surface area contributed by atoms with Crippen LogP contribution in [0.25, 0.3) is 0 Å². The van der Waals surface area contributed by atoms with Crippen molar-refractivity contribution in [3.05, 3.63) is 47.9 Å². The SMILES string of the molecule is C1=CC2=C(NC1)Oc1ccccc1NC2. The van der Waals surface area contributed by atoms with Crippen LogP contribution in [0.1, 0.15) is 0 Å². The van der Waals surface area contributed by atoms with Crippen LogP contribution in [0.15, 0.2) is 47.9 Å². The first kappa shape index (κ1) is 8.41. The fourth-order valence-electron chi connectivity index (χ4n) is 1.78. The van der Waals surface area contributed by atoms with Gasteiger partial charge in [0, 0.05) is 18.7 Å². The number of para-hydroxylation sites is 2. The van der Waals surface area contributed by atoms with Crippen molar-refractivity contribution in [2.24, 2.45) is 0 Å². The maximum absolute atomic E-state index is 5.82. The highest BCUT2D eigenvalue weighted by Gasteiger charge is 2.16. The van der Waals surface area contributed by atoms with Crippen LogP contribution in [0.2, 0.25) is 0 Å². The van der Waals surface area contributed by atoms with Crippen LogP contribution in [0.4, 0.5) is 5.69 Å². The molecule has 0 aliphatic carbocycles. The lowest BCUT2D eigenvalue weighted by atomic mass is 10.2. The van der Waals surface area contributed by atoms with Crippen LogP contribution in [-0.2, 0) is 0 Å². The van der Waals surface area contributed by atoms with E-state index in [4.69, 9.17) is 4.74 Å². The van der Waals surface area contributed by atoms with Crippen LogP contribution < -0.4 is 15.4 Å². The molecule has 0 saturated heterocycles. The van der Waals surface area contributed by atoms with Crippen molar-refractivity contribution < 1.29 is 4.74 Å². The molecule has 0 aromatic heterocycles. The molecule has 0 saturated carbocycles. The lowest BCUT2D eigenvalue weighted by molar-refractivity contribution is 0.383. The van der Waals surface area contributed by atoms with E-state index in [-0.39, 0.29) is 0 Å². The molecule has 15 heavy (non-hydrogen) atoms. The Kier molecular flexibility index (Phi) is 1.88. The van der Waals surface area contributed by atoms with Crippen LogP contribution in [0, 0.1) is 0 Å². The summed E-state index contributed by atoms with van der Waals surface area (Å²) in [6, 6.07) is 7.98. The summed E-state index contributed by atoms with van der Waals surface area (Å²) >= 11 is 0. The van der Waals surface area contributed by atoms with Crippen LogP contribution in [0.5, 0.6) is 5.75 Å². The Balaban J connectivity index is 2.01. The summed E-state index contributed by atoms with van der Waals surface area (Å²) < 4.78 is 5.82. The molecule has 1 aromatic carbocycles. The number of hydrogen-bond donors (Lipinski definition) is 2. The monoisotopic (exact) mass is 200 g/mol. The summed E-state index contributed by atoms with van der Waals surface area (Å²) in [7, 11) is 0. The Bertz CT molecular complexity index is 449. The minimum Gasteiger partial charge on any atom is -0.439 e. The summed E-state index contributed by atoms with van der Waals surface area (Å²) in [5.41, 5.74) is 2.21. The lowest BCUT2D eigenvalue weighted by Gasteiger charge is -2.15. The molecule has 0 amide bonds. The van der Waals surface area contributed by atoms with Gasteiger partial charge in [-0.3, -0.25) is 0 Å². The smallest absolute Gasteiger partial charge is 0.198 e. The van der Waals surface area contributed by atoms with Crippen molar-refractivity contribution in [2.75, 3.05) is 18.4 Å². The Morgan fingerprint density at radius 1 is 1.13 bits per heavy atom. The number of nitrogens with one attached hydrogen (secondary N) is 2. The molecule has 0 spiro atoms. The van der Waals surface area contributed by atoms with E-state index in [9.17, 15) is 0 Å². The van der Waals surface area contributed by atoms with Crippen molar-refractivity contribution in [2.45, 2.75) is 0 Å². The van der Waals surface area contributed by atoms with Crippen molar-refractivity contribution in [1.29, 1.82) is 0 Å². The third kappa shape index (κ3) is 1.46. The van der Waals surface area contributed by atoms with Crippen molar-refractivity contribution >= 4 is 5.69 Å². The number of anilines is 1. The highest BCUT2D eigenvalue weighted by Crippen LogP contribution is 2.29. The number of rotatable bonds is 0. The Morgan fingerprint density at radius 2 is 2.07 bits per heavy atom. The van der Waals surface area contributed by atoms with Gasteiger partial charge in [0.2, 0.25) is 0 Å². The van der Waals surface area contributed by atoms with Gasteiger partial charge in [0.25, 0.3) is 0 Å². The summed E-state index contributed by atoms with van der Waals surface area (Å²) in [5.74, 6) is 1.75. The molecule has 2 aliphatic heterocycles. The van der Waals surface area contributed by atoms with E-state index in [0.717, 1.165) is 36.0 Å². The standard InChI is InChI=1S/C12H12N2O/c1-2-6-11-10(5-1)14-8-9-4-3-7-13-12(9)15-11/h1-6,13-14H,7-8H2. The van der Waals surface area contributed by atoms with E-state index in [2.05, 4.69) is 22.8 Å². The molecule has 0 radical (unpaired) electrons. The fourth-order valence-corrected chi connectivity index (χ4v) is 1.78. The van der Waals surface area contributed by atoms with Crippen molar-refractivity contribution in [1.82, 2.24) is 5.32 Å². The first-order chi connectivity index (χ1) is 7.43. The van der Waals surface area contributed by atoms with Gasteiger partial charge < -0.3 is 15.4 Å². The van der Waals surface area contributed by atoms with Gasteiger partial charge in [-0.05, 0) is 12.1 Å². The molecule has 0 fully saturated rings. The lowest BCUT2D eigenvalue weighted by Crippen LogP contribution is -2.23. The summed E-state index contributed by atoms with van der Waals surface area (Å²) in [6.07, 6.45) is 4.20. The van der Waals surface area contributed by atoms with E-state index in [1.165, 1.54) is 0 Å². The largest absolute Gasteiger partial charge is 0.439 e. The number of ether oxygens (including phenoxy) is 1. The predicted molar refractivity (Wildman–Crippen MR) is 59.7 cm³/mol. The number of hydrogen-bond acceptors (Lipinski definition) is 3. The second kappa shape index (κ2) is 3.35. The Morgan fingerprint density at radius 3 is 3.07 bits per heavy atom. The molecule has 3 heteroatoms. The highest BCUT2D eigenvalue weighted by atomic mass is 16.5. The second-order valence-electron chi connectivity index (χ2n) is 3.59. The maximum Gasteiger partial charge on any atom is 0.198 e. The fraction of sp³-hybridized carbons (Fsp3) is 0.167. The first-order valence-corrected chi connectivity index (χ1v) is 5.08. The van der Waals surface area contributed by atoms with Crippen LogP contribution in [0.3, 0.4) is 0 Å². The van der Waals surface area contributed by atoms with Crippen molar-refractivity contribution in [3.8, 4) is 5.75 Å². The topological polar surface area (TPSA) is 33.3 Å². The van der Waals surface area contributed by atoms with Crippen molar-refractivity contribution in [3.63, 3.8) is 0 Å². The van der Waals surface area contributed by atoms with Gasteiger partial charge >= 0.3 is 0 Å². The first-order valence-electron chi connectivity index (χ1n) is 5.08. The average molecular weight is 200 g/mol. The third-order valence-electron chi connectivity index (χ3n) is 2.56. The van der Waals surface area contributed by atoms with E-state index < -0.39 is 0 Å². The summed E-state index contributed by atoms with van der Waals surface area (Å²) in [5, 5.41) is 6.58. The van der Waals surface area contributed by atoms with Gasteiger partial charge in [-0.2, -0.15) is 0 Å². The zero-order valence-corrected chi connectivity index (χ0v) is 8.29.